The lowest BCUT2D eigenvalue weighted by atomic mass is 10.1. The van der Waals surface area contributed by atoms with Crippen molar-refractivity contribution in [1.29, 1.82) is 0 Å². The van der Waals surface area contributed by atoms with Gasteiger partial charge in [-0.25, -0.2) is 0 Å². The van der Waals surface area contributed by atoms with Crippen LogP contribution in [-0.2, 0) is 0 Å². The molecule has 98 valence electrons. The summed E-state index contributed by atoms with van der Waals surface area (Å²) in [5, 5.41) is 3.50. The van der Waals surface area contributed by atoms with Gasteiger partial charge in [0.25, 0.3) is 0 Å². The Morgan fingerprint density at radius 3 is 2.59 bits per heavy atom. The first-order chi connectivity index (χ1) is 8.13. The third-order valence-corrected chi connectivity index (χ3v) is 3.40. The minimum Gasteiger partial charge on any atom is -0.316 e. The van der Waals surface area contributed by atoms with E-state index in [1.165, 1.54) is 25.8 Å². The number of rotatable bonds is 9. The van der Waals surface area contributed by atoms with Gasteiger partial charge < -0.3 is 5.32 Å². The summed E-state index contributed by atoms with van der Waals surface area (Å²) < 4.78 is 0. The average Bonchev–Trinajstić information content (AvgIpc) is 3.07. The lowest BCUT2D eigenvalue weighted by Crippen LogP contribution is -2.37. The SMILES string of the molecule is C#CCN(CC1CC1)C(C)CCNCC(C)C. The van der Waals surface area contributed by atoms with E-state index in [9.17, 15) is 0 Å². The maximum absolute atomic E-state index is 5.45. The average molecular weight is 236 g/mol. The second-order valence-electron chi connectivity index (χ2n) is 5.81. The minimum atomic E-state index is 0.603. The first kappa shape index (κ1) is 14.5. The summed E-state index contributed by atoms with van der Waals surface area (Å²) in [4.78, 5) is 2.47. The highest BCUT2D eigenvalue weighted by atomic mass is 15.2. The van der Waals surface area contributed by atoms with E-state index in [4.69, 9.17) is 6.42 Å². The molecule has 1 aliphatic carbocycles. The fourth-order valence-electron chi connectivity index (χ4n) is 2.03. The smallest absolute Gasteiger partial charge is 0.0601 e. The summed E-state index contributed by atoms with van der Waals surface area (Å²) in [5.41, 5.74) is 0. The van der Waals surface area contributed by atoms with Crippen molar-refractivity contribution in [2.45, 2.75) is 46.1 Å². The van der Waals surface area contributed by atoms with Gasteiger partial charge >= 0.3 is 0 Å². The highest BCUT2D eigenvalue weighted by Crippen LogP contribution is 2.30. The maximum Gasteiger partial charge on any atom is 0.0601 e. The van der Waals surface area contributed by atoms with E-state index < -0.39 is 0 Å². The number of hydrogen-bond acceptors (Lipinski definition) is 2. The normalized spacial score (nSPS) is 17.4. The van der Waals surface area contributed by atoms with E-state index in [1.807, 2.05) is 0 Å². The molecule has 0 aromatic rings. The molecule has 1 unspecified atom stereocenters. The molecule has 1 fully saturated rings. The van der Waals surface area contributed by atoms with Crippen LogP contribution in [0, 0.1) is 24.2 Å². The summed E-state index contributed by atoms with van der Waals surface area (Å²) in [6, 6.07) is 0.603. The van der Waals surface area contributed by atoms with Crippen LogP contribution < -0.4 is 5.32 Å². The molecule has 2 heteroatoms. The Morgan fingerprint density at radius 2 is 2.06 bits per heavy atom. The van der Waals surface area contributed by atoms with Crippen LogP contribution in [0.5, 0.6) is 0 Å². The van der Waals surface area contributed by atoms with E-state index in [2.05, 4.69) is 36.9 Å². The van der Waals surface area contributed by atoms with Crippen LogP contribution in [0.3, 0.4) is 0 Å². The fourth-order valence-corrected chi connectivity index (χ4v) is 2.03. The Bertz CT molecular complexity index is 238. The third-order valence-electron chi connectivity index (χ3n) is 3.40. The van der Waals surface area contributed by atoms with Gasteiger partial charge in [-0.15, -0.1) is 6.42 Å². The van der Waals surface area contributed by atoms with Gasteiger partial charge in [0.1, 0.15) is 0 Å². The van der Waals surface area contributed by atoms with Crippen molar-refractivity contribution in [2.24, 2.45) is 11.8 Å². The zero-order valence-corrected chi connectivity index (χ0v) is 11.7. The number of nitrogens with zero attached hydrogens (tertiary/aromatic N) is 1. The van der Waals surface area contributed by atoms with Crippen molar-refractivity contribution in [1.82, 2.24) is 10.2 Å². The summed E-state index contributed by atoms with van der Waals surface area (Å²) in [6.07, 6.45) is 9.45. The monoisotopic (exact) mass is 236 g/mol. The van der Waals surface area contributed by atoms with Gasteiger partial charge in [-0.1, -0.05) is 19.8 Å². The van der Waals surface area contributed by atoms with E-state index in [1.54, 1.807) is 0 Å². The summed E-state index contributed by atoms with van der Waals surface area (Å²) in [5.74, 6) is 4.46. The second kappa shape index (κ2) is 7.74. The highest BCUT2D eigenvalue weighted by Gasteiger charge is 2.25. The molecule has 0 aromatic carbocycles. The molecule has 1 atom stereocenters. The predicted molar refractivity (Wildman–Crippen MR) is 74.9 cm³/mol. The Balaban J connectivity index is 2.17. The van der Waals surface area contributed by atoms with Gasteiger partial charge in [0.15, 0.2) is 0 Å². The van der Waals surface area contributed by atoms with Crippen molar-refractivity contribution in [3.63, 3.8) is 0 Å². The molecule has 0 radical (unpaired) electrons. The van der Waals surface area contributed by atoms with Gasteiger partial charge in [0.2, 0.25) is 0 Å². The molecule has 0 spiro atoms. The molecule has 0 aromatic heterocycles. The van der Waals surface area contributed by atoms with Crippen LogP contribution in [0.1, 0.15) is 40.0 Å². The zero-order chi connectivity index (χ0) is 12.7. The Kier molecular flexibility index (Phi) is 6.62. The molecule has 1 saturated carbocycles. The molecule has 1 N–H and O–H groups in total. The number of nitrogens with one attached hydrogen (secondary N) is 1. The van der Waals surface area contributed by atoms with Crippen molar-refractivity contribution >= 4 is 0 Å². The molecule has 2 nitrogen and oxygen atoms in total. The minimum absolute atomic E-state index is 0.603. The van der Waals surface area contributed by atoms with E-state index >= 15 is 0 Å². The molecule has 1 rings (SSSR count). The van der Waals surface area contributed by atoms with Gasteiger partial charge in [-0.2, -0.15) is 0 Å². The maximum atomic E-state index is 5.45. The van der Waals surface area contributed by atoms with Gasteiger partial charge in [-0.3, -0.25) is 4.90 Å². The summed E-state index contributed by atoms with van der Waals surface area (Å²) >= 11 is 0. The fraction of sp³-hybridized carbons (Fsp3) is 0.867. The van der Waals surface area contributed by atoms with Crippen molar-refractivity contribution in [3.8, 4) is 12.3 Å². The third kappa shape index (κ3) is 6.71. The second-order valence-corrected chi connectivity index (χ2v) is 5.81. The summed E-state index contributed by atoms with van der Waals surface area (Å²) in [7, 11) is 0. The predicted octanol–water partition coefficient (Wildman–Crippen LogP) is 2.36. The highest BCUT2D eigenvalue weighted by molar-refractivity contribution is 4.91. The van der Waals surface area contributed by atoms with Crippen LogP contribution in [0.15, 0.2) is 0 Å². The molecule has 0 amide bonds. The lowest BCUT2D eigenvalue weighted by molar-refractivity contribution is 0.214. The zero-order valence-electron chi connectivity index (χ0n) is 11.7. The summed E-state index contributed by atoms with van der Waals surface area (Å²) in [6.45, 7) is 11.0. The first-order valence-corrected chi connectivity index (χ1v) is 7.01. The Morgan fingerprint density at radius 1 is 1.35 bits per heavy atom. The molecule has 17 heavy (non-hydrogen) atoms. The molecule has 1 aliphatic rings. The van der Waals surface area contributed by atoms with Gasteiger partial charge in [0.05, 0.1) is 6.54 Å². The quantitative estimate of drug-likeness (QED) is 0.488. The Labute approximate surface area is 107 Å². The van der Waals surface area contributed by atoms with E-state index in [0.29, 0.717) is 6.04 Å². The topological polar surface area (TPSA) is 15.3 Å². The van der Waals surface area contributed by atoms with Crippen LogP contribution in [0.4, 0.5) is 0 Å². The number of terminal acetylenes is 1. The first-order valence-electron chi connectivity index (χ1n) is 7.01. The number of hydrogen-bond donors (Lipinski definition) is 1. The van der Waals surface area contributed by atoms with Crippen molar-refractivity contribution in [3.05, 3.63) is 0 Å². The van der Waals surface area contributed by atoms with Crippen LogP contribution in [0.25, 0.3) is 0 Å². The van der Waals surface area contributed by atoms with Crippen LogP contribution >= 0.6 is 0 Å². The van der Waals surface area contributed by atoms with Crippen LogP contribution in [0.2, 0.25) is 0 Å². The standard InChI is InChI=1S/C15H28N2/c1-5-10-17(12-15-6-7-15)14(4)8-9-16-11-13(2)3/h1,13-16H,6-12H2,2-4H3. The van der Waals surface area contributed by atoms with Crippen molar-refractivity contribution in [2.75, 3.05) is 26.2 Å². The molecule has 0 bridgehead atoms. The Hall–Kier alpha value is -0.520. The van der Waals surface area contributed by atoms with E-state index in [-0.39, 0.29) is 0 Å². The van der Waals surface area contributed by atoms with Gasteiger partial charge in [0, 0.05) is 12.6 Å². The van der Waals surface area contributed by atoms with E-state index in [0.717, 1.165) is 31.5 Å². The lowest BCUT2D eigenvalue weighted by Gasteiger charge is -2.27. The largest absolute Gasteiger partial charge is 0.316 e. The molecule has 0 saturated heterocycles. The van der Waals surface area contributed by atoms with Crippen molar-refractivity contribution < 1.29 is 0 Å². The molecular formula is C15H28N2. The van der Waals surface area contributed by atoms with Crippen LogP contribution in [-0.4, -0.2) is 37.1 Å². The molecule has 0 heterocycles. The molecule has 0 aliphatic heterocycles. The van der Waals surface area contributed by atoms with Gasteiger partial charge in [-0.05, 0) is 51.1 Å². The molecular weight excluding hydrogens is 208 g/mol.